The number of carbonyl (C=O) groups is 2. The topological polar surface area (TPSA) is 96.0 Å². The predicted octanol–water partition coefficient (Wildman–Crippen LogP) is 3.42. The van der Waals surface area contributed by atoms with E-state index in [0.717, 1.165) is 24.1 Å². The lowest BCUT2D eigenvalue weighted by Gasteiger charge is -2.30. The molecule has 0 bridgehead atoms. The number of rotatable bonds is 6. The average molecular weight is 498 g/mol. The van der Waals surface area contributed by atoms with Crippen LogP contribution in [0.5, 0.6) is 5.75 Å². The summed E-state index contributed by atoms with van der Waals surface area (Å²) in [6.07, 6.45) is 3.46. The van der Waals surface area contributed by atoms with Gasteiger partial charge in [-0.3, -0.25) is 9.59 Å². The van der Waals surface area contributed by atoms with Gasteiger partial charge in [0.1, 0.15) is 5.75 Å². The number of methoxy groups -OCH3 is 1. The van der Waals surface area contributed by atoms with Crippen LogP contribution in [0.4, 0.5) is 11.4 Å². The first-order chi connectivity index (χ1) is 16.8. The summed E-state index contributed by atoms with van der Waals surface area (Å²) >= 11 is 0. The number of amides is 2. The minimum atomic E-state index is -3.68. The number of hydrogen-bond donors (Lipinski definition) is 1. The van der Waals surface area contributed by atoms with E-state index in [1.807, 2.05) is 17.9 Å². The molecule has 2 aromatic carbocycles. The summed E-state index contributed by atoms with van der Waals surface area (Å²) in [6, 6.07) is 12.3. The second-order valence-electron chi connectivity index (χ2n) is 9.73. The van der Waals surface area contributed by atoms with Crippen molar-refractivity contribution in [1.29, 1.82) is 0 Å². The first kappa shape index (κ1) is 23.8. The maximum Gasteiger partial charge on any atom is 0.243 e. The Kier molecular flexibility index (Phi) is 6.31. The summed E-state index contributed by atoms with van der Waals surface area (Å²) in [5, 5.41) is 2.91. The Balaban J connectivity index is 1.24. The fraction of sp³-hybridized carbons (Fsp3) is 0.462. The number of nitrogens with one attached hydrogen (secondary N) is 1. The van der Waals surface area contributed by atoms with Gasteiger partial charge in [-0.1, -0.05) is 6.07 Å². The number of carbonyl (C=O) groups excluding carboxylic acids is 2. The lowest BCUT2D eigenvalue weighted by atomic mass is 9.97. The molecule has 2 aliphatic heterocycles. The highest BCUT2D eigenvalue weighted by atomic mass is 32.2. The van der Waals surface area contributed by atoms with Crippen molar-refractivity contribution in [3.05, 3.63) is 48.0 Å². The molecule has 0 radical (unpaired) electrons. The van der Waals surface area contributed by atoms with Crippen molar-refractivity contribution in [3.8, 4) is 5.75 Å². The molecule has 2 aromatic rings. The largest absolute Gasteiger partial charge is 0.497 e. The molecular formula is C26H31N3O5S. The van der Waals surface area contributed by atoms with Crippen molar-refractivity contribution >= 4 is 33.2 Å². The molecule has 1 aliphatic carbocycles. The van der Waals surface area contributed by atoms with Gasteiger partial charge in [-0.2, -0.15) is 4.31 Å². The second kappa shape index (κ2) is 9.28. The zero-order chi connectivity index (χ0) is 24.7. The molecule has 0 aromatic heterocycles. The molecule has 5 rings (SSSR count). The van der Waals surface area contributed by atoms with Gasteiger partial charge in [0.2, 0.25) is 21.8 Å². The normalized spacial score (nSPS) is 21.0. The van der Waals surface area contributed by atoms with Crippen LogP contribution in [-0.2, 0) is 26.0 Å². The first-order valence-electron chi connectivity index (χ1n) is 12.2. The summed E-state index contributed by atoms with van der Waals surface area (Å²) < 4.78 is 33.4. The molecule has 9 heteroatoms. The van der Waals surface area contributed by atoms with Crippen LogP contribution in [0.15, 0.2) is 47.4 Å². The van der Waals surface area contributed by atoms with Gasteiger partial charge in [0.25, 0.3) is 0 Å². The van der Waals surface area contributed by atoms with Crippen LogP contribution in [0.3, 0.4) is 0 Å². The van der Waals surface area contributed by atoms with Crippen molar-refractivity contribution in [2.75, 3.05) is 30.4 Å². The number of hydrogen-bond acceptors (Lipinski definition) is 5. The molecule has 1 N–H and O–H groups in total. The minimum Gasteiger partial charge on any atom is -0.497 e. The van der Waals surface area contributed by atoms with Gasteiger partial charge in [-0.05, 0) is 74.9 Å². The molecule has 3 aliphatic rings. The number of sulfonamides is 1. The number of ether oxygens (including phenoxy) is 1. The van der Waals surface area contributed by atoms with Crippen molar-refractivity contribution in [3.63, 3.8) is 0 Å². The third kappa shape index (κ3) is 4.67. The van der Waals surface area contributed by atoms with E-state index in [2.05, 4.69) is 5.32 Å². The summed E-state index contributed by atoms with van der Waals surface area (Å²) in [5.41, 5.74) is 2.40. The maximum absolute atomic E-state index is 13.4. The Labute approximate surface area is 206 Å². The van der Waals surface area contributed by atoms with Gasteiger partial charge in [0.05, 0.1) is 12.0 Å². The van der Waals surface area contributed by atoms with Crippen molar-refractivity contribution < 1.29 is 22.7 Å². The zero-order valence-corrected chi connectivity index (χ0v) is 20.9. The Bertz CT molecular complexity index is 1250. The van der Waals surface area contributed by atoms with Crippen molar-refractivity contribution in [1.82, 2.24) is 4.31 Å². The number of anilines is 2. The van der Waals surface area contributed by atoms with E-state index in [9.17, 15) is 18.0 Å². The lowest BCUT2D eigenvalue weighted by Crippen LogP contribution is -2.41. The standard InChI is InChI=1S/C26H31N3O5S/c1-17-14-20-15-23(8-9-24(20)29(17)26(31)19-6-7-19)35(32,33)28-12-10-18(11-13-28)25(30)27-21-4-3-5-22(16-21)34-2/h3-5,8-9,15-19H,6-7,10-14H2,1-2H3,(H,27,30)/t17-/m0/s1. The number of nitrogens with zero attached hydrogens (tertiary/aromatic N) is 2. The fourth-order valence-electron chi connectivity index (χ4n) is 5.08. The molecule has 0 unspecified atom stereocenters. The predicted molar refractivity (Wildman–Crippen MR) is 133 cm³/mol. The SMILES string of the molecule is COc1cccc(NC(=O)C2CCN(S(=O)(=O)c3ccc4c(c3)C[C@H](C)N4C(=O)C3CC3)CC2)c1. The van der Waals surface area contributed by atoms with E-state index in [0.29, 0.717) is 30.7 Å². The van der Waals surface area contributed by atoms with Crippen molar-refractivity contribution in [2.45, 2.75) is 50.0 Å². The van der Waals surface area contributed by atoms with E-state index >= 15 is 0 Å². The van der Waals surface area contributed by atoms with Gasteiger partial charge in [-0.15, -0.1) is 0 Å². The quantitative estimate of drug-likeness (QED) is 0.660. The summed E-state index contributed by atoms with van der Waals surface area (Å²) in [4.78, 5) is 27.5. The van der Waals surface area contributed by atoms with Crippen LogP contribution < -0.4 is 15.0 Å². The van der Waals surface area contributed by atoms with E-state index in [1.165, 1.54) is 4.31 Å². The molecule has 2 amide bonds. The molecule has 35 heavy (non-hydrogen) atoms. The highest BCUT2D eigenvalue weighted by Gasteiger charge is 2.40. The van der Waals surface area contributed by atoms with Crippen LogP contribution >= 0.6 is 0 Å². The maximum atomic E-state index is 13.4. The van der Waals surface area contributed by atoms with E-state index in [-0.39, 0.29) is 47.7 Å². The van der Waals surface area contributed by atoms with Gasteiger partial charge < -0.3 is 15.0 Å². The number of fused-ring (bicyclic) bond motifs is 1. The van der Waals surface area contributed by atoms with Crippen molar-refractivity contribution in [2.24, 2.45) is 11.8 Å². The zero-order valence-electron chi connectivity index (χ0n) is 20.1. The molecule has 1 saturated carbocycles. The smallest absolute Gasteiger partial charge is 0.243 e. The number of piperidine rings is 1. The fourth-order valence-corrected chi connectivity index (χ4v) is 6.60. The van der Waals surface area contributed by atoms with E-state index in [1.54, 1.807) is 43.5 Å². The van der Waals surface area contributed by atoms with Gasteiger partial charge in [0, 0.05) is 48.4 Å². The van der Waals surface area contributed by atoms with Gasteiger partial charge >= 0.3 is 0 Å². The Morgan fingerprint density at radius 3 is 2.43 bits per heavy atom. The van der Waals surface area contributed by atoms with Crippen LogP contribution in [0.25, 0.3) is 0 Å². The molecule has 186 valence electrons. The van der Waals surface area contributed by atoms with E-state index in [4.69, 9.17) is 4.74 Å². The van der Waals surface area contributed by atoms with Crippen LogP contribution in [0.2, 0.25) is 0 Å². The summed E-state index contributed by atoms with van der Waals surface area (Å²) in [5.74, 6) is 0.570. The van der Waals surface area contributed by atoms with Gasteiger partial charge in [0.15, 0.2) is 0 Å². The molecular weight excluding hydrogens is 466 g/mol. The highest BCUT2D eigenvalue weighted by Crippen LogP contribution is 2.40. The third-order valence-electron chi connectivity index (χ3n) is 7.23. The second-order valence-corrected chi connectivity index (χ2v) is 11.7. The van der Waals surface area contributed by atoms with Gasteiger partial charge in [-0.25, -0.2) is 8.42 Å². The average Bonchev–Trinajstić information content (AvgIpc) is 3.65. The Morgan fingerprint density at radius 1 is 1.00 bits per heavy atom. The summed E-state index contributed by atoms with van der Waals surface area (Å²) in [7, 11) is -2.11. The van der Waals surface area contributed by atoms with E-state index < -0.39 is 10.0 Å². The monoisotopic (exact) mass is 497 g/mol. The molecule has 2 heterocycles. The molecule has 2 fully saturated rings. The van der Waals surface area contributed by atoms with Crippen LogP contribution in [-0.4, -0.2) is 50.8 Å². The molecule has 1 saturated heterocycles. The number of benzene rings is 2. The summed E-state index contributed by atoms with van der Waals surface area (Å²) in [6.45, 7) is 2.59. The highest BCUT2D eigenvalue weighted by molar-refractivity contribution is 7.89. The Morgan fingerprint density at radius 2 is 1.74 bits per heavy atom. The lowest BCUT2D eigenvalue weighted by molar-refractivity contribution is -0.121. The Hall–Kier alpha value is -2.91. The van der Waals surface area contributed by atoms with Crippen LogP contribution in [0, 0.1) is 11.8 Å². The minimum absolute atomic E-state index is 0.0369. The molecule has 0 spiro atoms. The first-order valence-corrected chi connectivity index (χ1v) is 13.6. The molecule has 8 nitrogen and oxygen atoms in total. The van der Waals surface area contributed by atoms with Crippen LogP contribution in [0.1, 0.15) is 38.2 Å². The molecule has 1 atom stereocenters. The third-order valence-corrected chi connectivity index (χ3v) is 9.13.